The molecule has 1 nitrogen and oxygen atoms in total. The molecule has 1 heterocycles. The van der Waals surface area contributed by atoms with E-state index in [-0.39, 0.29) is 6.61 Å². The molecule has 0 bridgehead atoms. The van der Waals surface area contributed by atoms with Gasteiger partial charge in [0.1, 0.15) is 0 Å². The molecule has 0 amide bonds. The molecule has 13 heavy (non-hydrogen) atoms. The number of halogens is 1. The van der Waals surface area contributed by atoms with Crippen LogP contribution in [0.4, 0.5) is 0 Å². The van der Waals surface area contributed by atoms with Crippen molar-refractivity contribution in [2.45, 2.75) is 20.3 Å². The monoisotopic (exact) mass is 260 g/mol. The van der Waals surface area contributed by atoms with Gasteiger partial charge in [0.05, 0.1) is 6.61 Å². The normalized spacial score (nSPS) is 12.2. The summed E-state index contributed by atoms with van der Waals surface area (Å²) >= 11 is 5.21. The van der Waals surface area contributed by atoms with Gasteiger partial charge in [0, 0.05) is 14.2 Å². The Kier molecular flexibility index (Phi) is 4.16. The standard InChI is InChI=1S/C10H13BrOS/c1-3-8(6-12)4-9-5-10(11)7(2)13-9/h4-5,12H,3,6H2,1-2H3. The van der Waals surface area contributed by atoms with Crippen LogP contribution in [0, 0.1) is 6.92 Å². The van der Waals surface area contributed by atoms with Crippen molar-refractivity contribution in [3.63, 3.8) is 0 Å². The van der Waals surface area contributed by atoms with Gasteiger partial charge < -0.3 is 5.11 Å². The molecule has 0 aliphatic rings. The van der Waals surface area contributed by atoms with Crippen LogP contribution < -0.4 is 0 Å². The van der Waals surface area contributed by atoms with E-state index in [1.54, 1.807) is 11.3 Å². The van der Waals surface area contributed by atoms with E-state index in [0.29, 0.717) is 0 Å². The third kappa shape index (κ3) is 2.93. The maximum absolute atomic E-state index is 8.99. The molecule has 1 aromatic heterocycles. The van der Waals surface area contributed by atoms with Gasteiger partial charge in [0.15, 0.2) is 0 Å². The first-order valence-corrected chi connectivity index (χ1v) is 5.84. The zero-order valence-corrected chi connectivity index (χ0v) is 10.2. The van der Waals surface area contributed by atoms with Crippen LogP contribution in [0.1, 0.15) is 23.1 Å². The topological polar surface area (TPSA) is 20.2 Å². The third-order valence-corrected chi connectivity index (χ3v) is 3.96. The van der Waals surface area contributed by atoms with E-state index < -0.39 is 0 Å². The first kappa shape index (κ1) is 11.0. The molecule has 0 fully saturated rings. The average Bonchev–Trinajstić information content (AvgIpc) is 2.42. The maximum atomic E-state index is 8.99. The Bertz CT molecular complexity index is 289. The summed E-state index contributed by atoms with van der Waals surface area (Å²) in [6.07, 6.45) is 2.97. The summed E-state index contributed by atoms with van der Waals surface area (Å²) in [7, 11) is 0. The molecular weight excluding hydrogens is 248 g/mol. The number of thiophene rings is 1. The summed E-state index contributed by atoms with van der Waals surface area (Å²) in [6.45, 7) is 4.29. The molecule has 72 valence electrons. The van der Waals surface area contributed by atoms with Crippen LogP contribution in [0.2, 0.25) is 0 Å². The molecule has 1 N–H and O–H groups in total. The largest absolute Gasteiger partial charge is 0.392 e. The van der Waals surface area contributed by atoms with Gasteiger partial charge in [-0.05, 0) is 47.0 Å². The van der Waals surface area contributed by atoms with Crippen LogP contribution in [0.25, 0.3) is 6.08 Å². The Hall–Kier alpha value is -0.120. The fraction of sp³-hybridized carbons (Fsp3) is 0.400. The Labute approximate surface area is 91.2 Å². The predicted molar refractivity (Wildman–Crippen MR) is 62.1 cm³/mol. The summed E-state index contributed by atoms with van der Waals surface area (Å²) in [4.78, 5) is 2.48. The average molecular weight is 261 g/mol. The van der Waals surface area contributed by atoms with Crippen molar-refractivity contribution >= 4 is 33.3 Å². The smallest absolute Gasteiger partial charge is 0.0645 e. The number of hydrogen-bond donors (Lipinski definition) is 1. The second kappa shape index (κ2) is 4.94. The van der Waals surface area contributed by atoms with E-state index >= 15 is 0 Å². The van der Waals surface area contributed by atoms with Gasteiger partial charge in [-0.3, -0.25) is 0 Å². The number of hydrogen-bond acceptors (Lipinski definition) is 2. The minimum atomic E-state index is 0.158. The lowest BCUT2D eigenvalue weighted by Gasteiger charge is -1.96. The molecule has 0 saturated carbocycles. The fourth-order valence-corrected chi connectivity index (χ4v) is 2.57. The van der Waals surface area contributed by atoms with Crippen LogP contribution in [0.5, 0.6) is 0 Å². The van der Waals surface area contributed by atoms with Crippen LogP contribution in [-0.4, -0.2) is 11.7 Å². The van der Waals surface area contributed by atoms with Gasteiger partial charge in [0.2, 0.25) is 0 Å². The number of rotatable bonds is 3. The molecular formula is C10H13BrOS. The lowest BCUT2D eigenvalue weighted by Crippen LogP contribution is -1.86. The summed E-state index contributed by atoms with van der Waals surface area (Å²) < 4.78 is 1.15. The number of aliphatic hydroxyl groups excluding tert-OH is 1. The zero-order valence-electron chi connectivity index (χ0n) is 7.80. The van der Waals surface area contributed by atoms with Crippen molar-refractivity contribution in [3.8, 4) is 0 Å². The van der Waals surface area contributed by atoms with E-state index in [1.807, 2.05) is 0 Å². The summed E-state index contributed by atoms with van der Waals surface area (Å²) in [6, 6.07) is 2.09. The highest BCUT2D eigenvalue weighted by Gasteiger charge is 2.01. The quantitative estimate of drug-likeness (QED) is 0.881. The third-order valence-electron chi connectivity index (χ3n) is 1.88. The van der Waals surface area contributed by atoms with Gasteiger partial charge in [-0.15, -0.1) is 11.3 Å². The molecule has 1 rings (SSSR count). The molecule has 0 saturated heterocycles. The zero-order chi connectivity index (χ0) is 9.84. The summed E-state index contributed by atoms with van der Waals surface area (Å²) in [5.41, 5.74) is 1.08. The molecule has 0 aromatic carbocycles. The number of aliphatic hydroxyl groups is 1. The Morgan fingerprint density at radius 2 is 2.38 bits per heavy atom. The van der Waals surface area contributed by atoms with E-state index in [1.165, 1.54) is 9.75 Å². The first-order chi connectivity index (χ1) is 6.17. The summed E-state index contributed by atoms with van der Waals surface area (Å²) in [5, 5.41) is 8.99. The van der Waals surface area contributed by atoms with E-state index in [4.69, 9.17) is 5.11 Å². The van der Waals surface area contributed by atoms with Crippen molar-refractivity contribution in [2.24, 2.45) is 0 Å². The number of aryl methyl sites for hydroxylation is 1. The van der Waals surface area contributed by atoms with Gasteiger partial charge in [-0.2, -0.15) is 0 Å². The highest BCUT2D eigenvalue weighted by atomic mass is 79.9. The molecule has 0 unspecified atom stereocenters. The Morgan fingerprint density at radius 3 is 2.77 bits per heavy atom. The molecule has 1 aromatic rings. The van der Waals surface area contributed by atoms with Crippen LogP contribution in [0.3, 0.4) is 0 Å². The fourth-order valence-electron chi connectivity index (χ4n) is 1.01. The van der Waals surface area contributed by atoms with Crippen molar-refractivity contribution in [1.29, 1.82) is 0 Å². The summed E-state index contributed by atoms with van der Waals surface area (Å²) in [5.74, 6) is 0. The Balaban J connectivity index is 2.89. The molecule has 0 aliphatic carbocycles. The predicted octanol–water partition coefficient (Wildman–Crippen LogP) is 3.60. The molecule has 0 spiro atoms. The minimum absolute atomic E-state index is 0.158. The second-order valence-electron chi connectivity index (χ2n) is 2.87. The maximum Gasteiger partial charge on any atom is 0.0645 e. The first-order valence-electron chi connectivity index (χ1n) is 4.23. The van der Waals surface area contributed by atoms with Gasteiger partial charge in [-0.25, -0.2) is 0 Å². The SMILES string of the molecule is CCC(=Cc1cc(Br)c(C)s1)CO. The van der Waals surface area contributed by atoms with Crippen LogP contribution in [0.15, 0.2) is 16.1 Å². The lowest BCUT2D eigenvalue weighted by molar-refractivity contribution is 0.329. The van der Waals surface area contributed by atoms with E-state index in [2.05, 4.69) is 41.9 Å². The van der Waals surface area contributed by atoms with Gasteiger partial charge in [-0.1, -0.05) is 6.92 Å². The molecule has 3 heteroatoms. The van der Waals surface area contributed by atoms with E-state index in [0.717, 1.165) is 16.5 Å². The molecule has 0 radical (unpaired) electrons. The van der Waals surface area contributed by atoms with Crippen molar-refractivity contribution in [2.75, 3.05) is 6.61 Å². The van der Waals surface area contributed by atoms with Crippen molar-refractivity contribution in [1.82, 2.24) is 0 Å². The van der Waals surface area contributed by atoms with Gasteiger partial charge >= 0.3 is 0 Å². The van der Waals surface area contributed by atoms with Gasteiger partial charge in [0.25, 0.3) is 0 Å². The highest BCUT2D eigenvalue weighted by molar-refractivity contribution is 9.10. The van der Waals surface area contributed by atoms with E-state index in [9.17, 15) is 0 Å². The Morgan fingerprint density at radius 1 is 1.69 bits per heavy atom. The van der Waals surface area contributed by atoms with Crippen LogP contribution in [-0.2, 0) is 0 Å². The van der Waals surface area contributed by atoms with Crippen molar-refractivity contribution in [3.05, 3.63) is 25.9 Å². The molecule has 0 aliphatic heterocycles. The second-order valence-corrected chi connectivity index (χ2v) is 5.01. The minimum Gasteiger partial charge on any atom is -0.392 e. The lowest BCUT2D eigenvalue weighted by atomic mass is 10.2. The molecule has 0 atom stereocenters. The highest BCUT2D eigenvalue weighted by Crippen LogP contribution is 2.28. The van der Waals surface area contributed by atoms with Crippen molar-refractivity contribution < 1.29 is 5.11 Å². The van der Waals surface area contributed by atoms with Crippen LogP contribution >= 0.6 is 27.3 Å².